The molecule has 0 spiro atoms. The quantitative estimate of drug-likeness (QED) is 0.462. The number of hydrogen-bond donors (Lipinski definition) is 0. The van der Waals surface area contributed by atoms with Gasteiger partial charge in [-0.15, -0.1) is 11.6 Å². The minimum atomic E-state index is -0.531. The summed E-state index contributed by atoms with van der Waals surface area (Å²) in [5, 5.41) is 0. The van der Waals surface area contributed by atoms with Gasteiger partial charge in [-0.2, -0.15) is 0 Å². The summed E-state index contributed by atoms with van der Waals surface area (Å²) in [7, 11) is 0. The van der Waals surface area contributed by atoms with E-state index in [1.54, 1.807) is 12.2 Å². The van der Waals surface area contributed by atoms with Gasteiger partial charge in [0.15, 0.2) is 0 Å². The third kappa shape index (κ3) is 2.26. The van der Waals surface area contributed by atoms with Crippen LogP contribution < -0.4 is 0 Å². The monoisotopic (exact) mass is 258 g/mol. The van der Waals surface area contributed by atoms with Crippen LogP contribution in [-0.4, -0.2) is 2.88 Å². The second-order valence-electron chi connectivity index (χ2n) is 1.91. The molecule has 0 amide bonds. The number of alkyl halides is 2. The summed E-state index contributed by atoms with van der Waals surface area (Å²) >= 11 is 7.79. The van der Waals surface area contributed by atoms with Gasteiger partial charge in [0.25, 0.3) is 0 Å². The van der Waals surface area contributed by atoms with Crippen LogP contribution in [0.25, 0.3) is 0 Å². The Labute approximate surface area is 71.9 Å². The molecule has 1 atom stereocenters. The van der Waals surface area contributed by atoms with Gasteiger partial charge in [-0.3, -0.25) is 0 Å². The van der Waals surface area contributed by atoms with Crippen molar-refractivity contribution in [3.8, 4) is 0 Å². The largest absolute Gasteiger partial charge is 0.212 e. The Morgan fingerprint density at radius 1 is 1.78 bits per heavy atom. The standard InChI is InChI=1S/C6H5ClFI/c7-6(9)3-1-2-5(8)4-6/h1-3H,4H2. The van der Waals surface area contributed by atoms with Crippen molar-refractivity contribution < 1.29 is 4.39 Å². The molecule has 9 heavy (non-hydrogen) atoms. The minimum Gasteiger partial charge on any atom is -0.212 e. The fraction of sp³-hybridized carbons (Fsp3) is 0.333. The van der Waals surface area contributed by atoms with Crippen LogP contribution in [0.2, 0.25) is 0 Å². The maximum Gasteiger partial charge on any atom is 0.120 e. The molecule has 0 fully saturated rings. The van der Waals surface area contributed by atoms with Crippen LogP contribution in [-0.2, 0) is 0 Å². The van der Waals surface area contributed by atoms with Crippen molar-refractivity contribution in [2.75, 3.05) is 0 Å². The normalized spacial score (nSPS) is 34.3. The van der Waals surface area contributed by atoms with Crippen LogP contribution in [0.4, 0.5) is 4.39 Å². The molecule has 0 saturated heterocycles. The van der Waals surface area contributed by atoms with E-state index in [4.69, 9.17) is 11.6 Å². The van der Waals surface area contributed by atoms with Gasteiger partial charge >= 0.3 is 0 Å². The molecule has 0 aromatic carbocycles. The van der Waals surface area contributed by atoms with Gasteiger partial charge in [-0.1, -0.05) is 34.7 Å². The van der Waals surface area contributed by atoms with E-state index in [-0.39, 0.29) is 5.83 Å². The molecular formula is C6H5ClFI. The molecule has 0 N–H and O–H groups in total. The predicted molar refractivity (Wildman–Crippen MR) is 45.6 cm³/mol. The summed E-state index contributed by atoms with van der Waals surface area (Å²) in [4.78, 5) is 0. The lowest BCUT2D eigenvalue weighted by atomic mass is 10.2. The molecule has 0 nitrogen and oxygen atoms in total. The first-order chi connectivity index (χ1) is 4.10. The van der Waals surface area contributed by atoms with Crippen LogP contribution in [0.3, 0.4) is 0 Å². The molecule has 50 valence electrons. The van der Waals surface area contributed by atoms with Crippen molar-refractivity contribution in [2.45, 2.75) is 9.30 Å². The molecule has 0 radical (unpaired) electrons. The third-order valence-corrected chi connectivity index (χ3v) is 2.02. The Balaban J connectivity index is 2.73. The van der Waals surface area contributed by atoms with E-state index in [0.717, 1.165) is 0 Å². The molecule has 0 aromatic rings. The Bertz CT molecular complexity index is 172. The summed E-state index contributed by atoms with van der Waals surface area (Å²) in [6, 6.07) is 0. The highest BCUT2D eigenvalue weighted by Gasteiger charge is 2.23. The Kier molecular flexibility index (Phi) is 2.16. The maximum atomic E-state index is 12.4. The predicted octanol–water partition coefficient (Wildman–Crippen LogP) is 3.17. The minimum absolute atomic E-state index is 0.151. The van der Waals surface area contributed by atoms with Gasteiger partial charge < -0.3 is 0 Å². The van der Waals surface area contributed by atoms with E-state index in [1.165, 1.54) is 6.08 Å². The molecule has 3 heteroatoms. The Hall–Kier alpha value is 0.430. The summed E-state index contributed by atoms with van der Waals surface area (Å²) in [6.45, 7) is 0. The number of hydrogen-bond acceptors (Lipinski definition) is 0. The van der Waals surface area contributed by atoms with Gasteiger partial charge in [0, 0.05) is 6.42 Å². The van der Waals surface area contributed by atoms with Crippen LogP contribution >= 0.6 is 34.2 Å². The molecule has 1 rings (SSSR count). The second kappa shape index (κ2) is 2.58. The van der Waals surface area contributed by atoms with E-state index < -0.39 is 2.88 Å². The average Bonchev–Trinajstić information content (AvgIpc) is 1.60. The first-order valence-electron chi connectivity index (χ1n) is 2.52. The highest BCUT2D eigenvalue weighted by atomic mass is 127. The van der Waals surface area contributed by atoms with Crippen molar-refractivity contribution in [3.63, 3.8) is 0 Å². The fourth-order valence-electron chi connectivity index (χ4n) is 0.636. The van der Waals surface area contributed by atoms with Crippen molar-refractivity contribution in [1.29, 1.82) is 0 Å². The van der Waals surface area contributed by atoms with Gasteiger partial charge in [0.2, 0.25) is 0 Å². The summed E-state index contributed by atoms with van der Waals surface area (Å²) < 4.78 is 11.9. The second-order valence-corrected chi connectivity index (χ2v) is 5.15. The number of allylic oxidation sites excluding steroid dienone is 4. The van der Waals surface area contributed by atoms with Crippen molar-refractivity contribution in [2.24, 2.45) is 0 Å². The maximum absolute atomic E-state index is 12.4. The smallest absolute Gasteiger partial charge is 0.120 e. The van der Waals surface area contributed by atoms with E-state index in [0.29, 0.717) is 6.42 Å². The number of halogens is 3. The highest BCUT2D eigenvalue weighted by Crippen LogP contribution is 2.36. The first-order valence-corrected chi connectivity index (χ1v) is 3.97. The average molecular weight is 258 g/mol. The Morgan fingerprint density at radius 2 is 2.44 bits per heavy atom. The lowest BCUT2D eigenvalue weighted by Gasteiger charge is -2.15. The van der Waals surface area contributed by atoms with E-state index in [9.17, 15) is 4.39 Å². The summed E-state index contributed by atoms with van der Waals surface area (Å²) in [5.74, 6) is -0.151. The summed E-state index contributed by atoms with van der Waals surface area (Å²) in [6.07, 6.45) is 5.14. The van der Waals surface area contributed by atoms with E-state index in [1.807, 2.05) is 22.6 Å². The number of rotatable bonds is 0. The molecule has 0 heterocycles. The van der Waals surface area contributed by atoms with Crippen LogP contribution in [0.5, 0.6) is 0 Å². The zero-order chi connectivity index (χ0) is 6.91. The van der Waals surface area contributed by atoms with Crippen molar-refractivity contribution in [1.82, 2.24) is 0 Å². The van der Waals surface area contributed by atoms with Gasteiger partial charge in [-0.05, 0) is 6.08 Å². The molecule has 0 saturated carbocycles. The Morgan fingerprint density at radius 3 is 2.78 bits per heavy atom. The SMILES string of the molecule is FC1=CC=CC(Cl)(I)C1. The third-order valence-electron chi connectivity index (χ3n) is 1.02. The zero-order valence-corrected chi connectivity index (χ0v) is 7.49. The van der Waals surface area contributed by atoms with E-state index >= 15 is 0 Å². The van der Waals surface area contributed by atoms with Crippen molar-refractivity contribution >= 4 is 34.2 Å². The van der Waals surface area contributed by atoms with Gasteiger partial charge in [-0.25, -0.2) is 4.39 Å². The van der Waals surface area contributed by atoms with Crippen LogP contribution in [0.15, 0.2) is 24.1 Å². The lowest BCUT2D eigenvalue weighted by Crippen LogP contribution is -2.09. The molecule has 0 aromatic heterocycles. The van der Waals surface area contributed by atoms with E-state index in [2.05, 4.69) is 0 Å². The highest BCUT2D eigenvalue weighted by molar-refractivity contribution is 14.1. The molecule has 0 bridgehead atoms. The van der Waals surface area contributed by atoms with Gasteiger partial charge in [0.1, 0.15) is 8.71 Å². The topological polar surface area (TPSA) is 0 Å². The molecular weight excluding hydrogens is 253 g/mol. The lowest BCUT2D eigenvalue weighted by molar-refractivity contribution is 0.586. The van der Waals surface area contributed by atoms with Crippen molar-refractivity contribution in [3.05, 3.63) is 24.1 Å². The first kappa shape index (κ1) is 7.54. The summed E-state index contributed by atoms with van der Waals surface area (Å²) in [5.41, 5.74) is 0. The van der Waals surface area contributed by atoms with Crippen LogP contribution in [0.1, 0.15) is 6.42 Å². The molecule has 1 unspecified atom stereocenters. The molecule has 0 aliphatic heterocycles. The van der Waals surface area contributed by atoms with Gasteiger partial charge in [0.05, 0.1) is 0 Å². The van der Waals surface area contributed by atoms with Crippen LogP contribution in [0, 0.1) is 0 Å². The zero-order valence-electron chi connectivity index (χ0n) is 4.57. The molecule has 1 aliphatic carbocycles. The molecule has 1 aliphatic rings. The fourth-order valence-corrected chi connectivity index (χ4v) is 1.41.